The van der Waals surface area contributed by atoms with E-state index in [2.05, 4.69) is 60.7 Å². The van der Waals surface area contributed by atoms with E-state index in [4.69, 9.17) is 9.47 Å². The SMILES string of the molecule is CCCCCCCCCCCCCCCCCCOCC(OCCCCCCCCCCCCCCCCCC)C(=O)NC(C)(C)C(C)(C)CC(C)CC. The summed E-state index contributed by atoms with van der Waals surface area (Å²) in [7, 11) is 0. The normalized spacial score (nSPS) is 13.4. The number of amides is 1. The first kappa shape index (κ1) is 53.4. The molecule has 0 spiro atoms. The smallest absolute Gasteiger partial charge is 0.251 e. The topological polar surface area (TPSA) is 47.6 Å². The van der Waals surface area contributed by atoms with Gasteiger partial charge in [0.15, 0.2) is 6.10 Å². The van der Waals surface area contributed by atoms with Crippen LogP contribution in [0.1, 0.15) is 274 Å². The summed E-state index contributed by atoms with van der Waals surface area (Å²) in [5.41, 5.74) is -0.359. The van der Waals surface area contributed by atoms with E-state index in [0.29, 0.717) is 25.7 Å². The summed E-state index contributed by atoms with van der Waals surface area (Å²) in [5, 5.41) is 3.40. The Morgan fingerprint density at radius 2 is 0.796 bits per heavy atom. The molecule has 2 unspecified atom stereocenters. The minimum absolute atomic E-state index is 0.0132. The van der Waals surface area contributed by atoms with Crippen molar-refractivity contribution < 1.29 is 14.3 Å². The average Bonchev–Trinajstić information content (AvgIpc) is 3.14. The van der Waals surface area contributed by atoms with Crippen molar-refractivity contribution in [2.45, 2.75) is 285 Å². The van der Waals surface area contributed by atoms with E-state index < -0.39 is 6.10 Å². The van der Waals surface area contributed by atoms with Gasteiger partial charge in [0.2, 0.25) is 0 Å². The second kappa shape index (κ2) is 37.9. The van der Waals surface area contributed by atoms with Gasteiger partial charge in [-0.15, -0.1) is 0 Å². The van der Waals surface area contributed by atoms with E-state index in [9.17, 15) is 4.79 Å². The average molecular weight is 764 g/mol. The lowest BCUT2D eigenvalue weighted by atomic mass is 9.69. The van der Waals surface area contributed by atoms with Crippen LogP contribution in [0, 0.1) is 11.3 Å². The summed E-state index contributed by atoms with van der Waals surface area (Å²) >= 11 is 0. The number of unbranched alkanes of at least 4 members (excludes halogenated alkanes) is 30. The molecular weight excluding hydrogens is 663 g/mol. The van der Waals surface area contributed by atoms with Crippen LogP contribution in [0.5, 0.6) is 0 Å². The highest BCUT2D eigenvalue weighted by Gasteiger charge is 2.40. The van der Waals surface area contributed by atoms with E-state index >= 15 is 0 Å². The van der Waals surface area contributed by atoms with E-state index in [0.717, 1.165) is 25.7 Å². The van der Waals surface area contributed by atoms with E-state index in [1.807, 2.05) is 0 Å². The van der Waals surface area contributed by atoms with Crippen molar-refractivity contribution in [1.29, 1.82) is 0 Å². The number of nitrogens with one attached hydrogen (secondary N) is 1. The Morgan fingerprint density at radius 1 is 0.481 bits per heavy atom. The number of rotatable bonds is 43. The maximum atomic E-state index is 13.7. The first-order valence-corrected chi connectivity index (χ1v) is 24.6. The molecule has 0 aromatic carbocycles. The van der Waals surface area contributed by atoms with Crippen molar-refractivity contribution in [3.8, 4) is 0 Å². The van der Waals surface area contributed by atoms with Crippen LogP contribution < -0.4 is 5.32 Å². The zero-order chi connectivity index (χ0) is 40.0. The molecule has 0 saturated heterocycles. The summed E-state index contributed by atoms with van der Waals surface area (Å²) < 4.78 is 12.4. The van der Waals surface area contributed by atoms with E-state index in [1.54, 1.807) is 0 Å². The molecule has 0 aromatic rings. The van der Waals surface area contributed by atoms with Crippen molar-refractivity contribution in [2.24, 2.45) is 11.3 Å². The quantitative estimate of drug-likeness (QED) is 0.0629. The molecule has 0 rings (SSSR count). The first-order chi connectivity index (χ1) is 26.1. The van der Waals surface area contributed by atoms with Gasteiger partial charge in [-0.2, -0.15) is 0 Å². The van der Waals surface area contributed by atoms with Crippen LogP contribution in [0.3, 0.4) is 0 Å². The maximum absolute atomic E-state index is 13.7. The van der Waals surface area contributed by atoms with Crippen LogP contribution >= 0.6 is 0 Å². The predicted octanol–water partition coefficient (Wildman–Crippen LogP) is 16.3. The molecule has 0 saturated carbocycles. The Kier molecular flexibility index (Phi) is 37.5. The van der Waals surface area contributed by atoms with E-state index in [1.165, 1.54) is 193 Å². The second-order valence-electron chi connectivity index (χ2n) is 18.8. The fourth-order valence-corrected chi connectivity index (χ4v) is 7.85. The van der Waals surface area contributed by atoms with Gasteiger partial charge in [0.1, 0.15) is 0 Å². The largest absolute Gasteiger partial charge is 0.378 e. The van der Waals surface area contributed by atoms with Gasteiger partial charge < -0.3 is 14.8 Å². The van der Waals surface area contributed by atoms with Crippen LogP contribution in [0.15, 0.2) is 0 Å². The van der Waals surface area contributed by atoms with Crippen LogP contribution in [0.25, 0.3) is 0 Å². The third-order valence-corrected chi connectivity index (χ3v) is 12.7. The number of carbonyl (C=O) groups is 1. The van der Waals surface area contributed by atoms with Gasteiger partial charge in [0.05, 0.1) is 6.61 Å². The Balaban J connectivity index is 4.31. The molecule has 4 heteroatoms. The van der Waals surface area contributed by atoms with Gasteiger partial charge in [-0.1, -0.05) is 241 Å². The number of carbonyl (C=O) groups excluding carboxylic acids is 1. The third kappa shape index (κ3) is 32.5. The Hall–Kier alpha value is -0.610. The van der Waals surface area contributed by atoms with Gasteiger partial charge in [-0.05, 0) is 44.4 Å². The molecule has 54 heavy (non-hydrogen) atoms. The molecule has 0 aromatic heterocycles. The molecule has 1 N–H and O–H groups in total. The third-order valence-electron chi connectivity index (χ3n) is 12.7. The fraction of sp³-hybridized carbons (Fsp3) is 0.980. The van der Waals surface area contributed by atoms with Crippen molar-refractivity contribution in [3.63, 3.8) is 0 Å². The van der Waals surface area contributed by atoms with Crippen LogP contribution in [0.2, 0.25) is 0 Å². The van der Waals surface area contributed by atoms with Crippen molar-refractivity contribution in [2.75, 3.05) is 19.8 Å². The molecular formula is C50H101NO3. The van der Waals surface area contributed by atoms with Crippen molar-refractivity contribution in [1.82, 2.24) is 5.32 Å². The van der Waals surface area contributed by atoms with Gasteiger partial charge in [0.25, 0.3) is 5.91 Å². The van der Waals surface area contributed by atoms with E-state index in [-0.39, 0.29) is 16.9 Å². The molecule has 4 nitrogen and oxygen atoms in total. The second-order valence-corrected chi connectivity index (χ2v) is 18.8. The molecule has 0 heterocycles. The van der Waals surface area contributed by atoms with Crippen molar-refractivity contribution >= 4 is 5.91 Å². The summed E-state index contributed by atoms with van der Waals surface area (Å²) in [4.78, 5) is 13.7. The molecule has 324 valence electrons. The number of ether oxygens (including phenoxy) is 2. The first-order valence-electron chi connectivity index (χ1n) is 24.6. The minimum Gasteiger partial charge on any atom is -0.378 e. The minimum atomic E-state index is -0.541. The zero-order valence-electron chi connectivity index (χ0n) is 38.5. The zero-order valence-corrected chi connectivity index (χ0v) is 38.5. The summed E-state index contributed by atoms with van der Waals surface area (Å²) in [6.45, 7) is 19.8. The van der Waals surface area contributed by atoms with Crippen molar-refractivity contribution in [3.05, 3.63) is 0 Å². The monoisotopic (exact) mass is 764 g/mol. The Morgan fingerprint density at radius 3 is 1.13 bits per heavy atom. The molecule has 0 bridgehead atoms. The Labute approximate surface area is 341 Å². The highest BCUT2D eigenvalue weighted by molar-refractivity contribution is 5.81. The Bertz CT molecular complexity index is 780. The van der Waals surface area contributed by atoms with Crippen LogP contribution in [0.4, 0.5) is 0 Å². The molecule has 1 amide bonds. The molecule has 0 fully saturated rings. The highest BCUT2D eigenvalue weighted by Crippen LogP contribution is 2.37. The summed E-state index contributed by atoms with van der Waals surface area (Å²) in [6.07, 6.45) is 45.3. The van der Waals surface area contributed by atoms with Crippen LogP contribution in [-0.2, 0) is 14.3 Å². The van der Waals surface area contributed by atoms with Gasteiger partial charge in [-0.25, -0.2) is 0 Å². The molecule has 0 aliphatic rings. The standard InChI is InChI=1S/C50H101NO3/c1-9-12-14-16-18-20-22-24-26-28-30-32-34-36-38-40-42-53-45-47(48(52)51-50(7,8)49(5,6)44-46(4)11-3)54-43-41-39-37-35-33-31-29-27-25-23-21-19-17-15-13-10-2/h46-47H,9-45H2,1-8H3,(H,51,52). The lowest BCUT2D eigenvalue weighted by molar-refractivity contribution is -0.140. The molecule has 0 radical (unpaired) electrons. The highest BCUT2D eigenvalue weighted by atomic mass is 16.5. The number of hydrogen-bond acceptors (Lipinski definition) is 3. The molecule has 0 aliphatic carbocycles. The molecule has 2 atom stereocenters. The fourth-order valence-electron chi connectivity index (χ4n) is 7.85. The van der Waals surface area contributed by atoms with Gasteiger partial charge >= 0.3 is 0 Å². The lowest BCUT2D eigenvalue weighted by Crippen LogP contribution is -2.57. The molecule has 0 aliphatic heterocycles. The maximum Gasteiger partial charge on any atom is 0.251 e. The summed E-state index contributed by atoms with van der Waals surface area (Å²) in [5.74, 6) is 0.613. The van der Waals surface area contributed by atoms with Gasteiger partial charge in [-0.3, -0.25) is 4.79 Å². The number of hydrogen-bond donors (Lipinski definition) is 1. The summed E-state index contributed by atoms with van der Waals surface area (Å²) in [6, 6.07) is 0. The van der Waals surface area contributed by atoms with Gasteiger partial charge in [0, 0.05) is 18.8 Å². The lowest BCUT2D eigenvalue weighted by Gasteiger charge is -2.44. The predicted molar refractivity (Wildman–Crippen MR) is 240 cm³/mol. The van der Waals surface area contributed by atoms with Crippen LogP contribution in [-0.4, -0.2) is 37.4 Å².